The number of hydrazone groups is 1. The molecule has 2 N–H and O–H groups in total. The van der Waals surface area contributed by atoms with Gasteiger partial charge in [0.25, 0.3) is 11.8 Å². The minimum absolute atomic E-state index is 0.145. The van der Waals surface area contributed by atoms with Crippen LogP contribution < -0.4 is 10.7 Å². The summed E-state index contributed by atoms with van der Waals surface area (Å²) in [6.45, 7) is 0. The van der Waals surface area contributed by atoms with Crippen molar-refractivity contribution >= 4 is 29.1 Å². The minimum atomic E-state index is -0.385. The van der Waals surface area contributed by atoms with E-state index in [0.29, 0.717) is 17.7 Å². The van der Waals surface area contributed by atoms with Gasteiger partial charge in [-0.15, -0.1) is 0 Å². The first-order valence-electron chi connectivity index (χ1n) is 6.46. The van der Waals surface area contributed by atoms with Crippen LogP contribution in [-0.2, 0) is 9.59 Å². The summed E-state index contributed by atoms with van der Waals surface area (Å²) in [6, 6.07) is 6.65. The van der Waals surface area contributed by atoms with Crippen LogP contribution in [0, 0.1) is 0 Å². The molecule has 0 fully saturated rings. The van der Waals surface area contributed by atoms with Gasteiger partial charge in [-0.1, -0.05) is 6.07 Å². The lowest BCUT2D eigenvalue weighted by Crippen LogP contribution is -2.32. The van der Waals surface area contributed by atoms with Gasteiger partial charge in [0.05, 0.1) is 0 Å². The molecule has 1 aromatic rings. The number of anilines is 1. The lowest BCUT2D eigenvalue weighted by atomic mass is 10.1. The first-order valence-corrected chi connectivity index (χ1v) is 6.46. The van der Waals surface area contributed by atoms with Gasteiger partial charge in [-0.3, -0.25) is 14.4 Å². The fourth-order valence-corrected chi connectivity index (χ4v) is 1.83. The molecule has 0 saturated carbocycles. The van der Waals surface area contributed by atoms with Crippen LogP contribution in [0.1, 0.15) is 23.2 Å². The van der Waals surface area contributed by atoms with Gasteiger partial charge in [0.2, 0.25) is 5.91 Å². The molecule has 0 saturated heterocycles. The summed E-state index contributed by atoms with van der Waals surface area (Å²) in [5.41, 5.74) is 3.52. The third-order valence-corrected chi connectivity index (χ3v) is 2.94. The summed E-state index contributed by atoms with van der Waals surface area (Å²) in [5, 5.41) is 6.39. The van der Waals surface area contributed by atoms with Gasteiger partial charge in [0.1, 0.15) is 5.71 Å². The van der Waals surface area contributed by atoms with Crippen LogP contribution >= 0.6 is 0 Å². The number of benzene rings is 1. The van der Waals surface area contributed by atoms with Crippen molar-refractivity contribution in [3.05, 3.63) is 29.8 Å². The maximum Gasteiger partial charge on any atom is 0.271 e. The van der Waals surface area contributed by atoms with E-state index in [4.69, 9.17) is 0 Å². The molecule has 7 heteroatoms. The predicted molar refractivity (Wildman–Crippen MR) is 77.9 cm³/mol. The SMILES string of the molecule is CN(C)C(=O)c1cccc(NC(=O)C2=NNC(=O)CC2)c1. The number of carbonyl (C=O) groups excluding carboxylic acids is 3. The second-order valence-electron chi connectivity index (χ2n) is 4.83. The molecule has 3 amide bonds. The molecule has 2 rings (SSSR count). The van der Waals surface area contributed by atoms with Crippen molar-refractivity contribution in [1.29, 1.82) is 0 Å². The Balaban J connectivity index is 2.09. The Kier molecular flexibility index (Phi) is 4.32. The van der Waals surface area contributed by atoms with E-state index in [9.17, 15) is 14.4 Å². The van der Waals surface area contributed by atoms with Gasteiger partial charge >= 0.3 is 0 Å². The van der Waals surface area contributed by atoms with Crippen molar-refractivity contribution in [3.63, 3.8) is 0 Å². The monoisotopic (exact) mass is 288 g/mol. The number of nitrogens with one attached hydrogen (secondary N) is 2. The van der Waals surface area contributed by atoms with E-state index in [1.807, 2.05) is 0 Å². The van der Waals surface area contributed by atoms with Gasteiger partial charge in [-0.2, -0.15) is 5.10 Å². The number of nitrogens with zero attached hydrogens (tertiary/aromatic N) is 2. The Hall–Kier alpha value is -2.70. The molecule has 0 radical (unpaired) electrons. The maximum absolute atomic E-state index is 12.0. The van der Waals surface area contributed by atoms with Crippen LogP contribution in [0.25, 0.3) is 0 Å². The third-order valence-electron chi connectivity index (χ3n) is 2.94. The van der Waals surface area contributed by atoms with Crippen molar-refractivity contribution in [2.75, 3.05) is 19.4 Å². The van der Waals surface area contributed by atoms with Gasteiger partial charge in [-0.25, -0.2) is 5.43 Å². The zero-order valence-electron chi connectivity index (χ0n) is 11.8. The first-order chi connectivity index (χ1) is 9.97. The second-order valence-corrected chi connectivity index (χ2v) is 4.83. The molecule has 7 nitrogen and oxygen atoms in total. The lowest BCUT2D eigenvalue weighted by molar-refractivity contribution is -0.121. The van der Waals surface area contributed by atoms with Crippen LogP contribution in [0.4, 0.5) is 5.69 Å². The van der Waals surface area contributed by atoms with Gasteiger partial charge in [0, 0.05) is 38.2 Å². The standard InChI is InChI=1S/C14H16N4O3/c1-18(2)14(21)9-4-3-5-10(8-9)15-13(20)11-6-7-12(19)17-16-11/h3-5,8H,6-7H2,1-2H3,(H,15,20)(H,17,19). The van der Waals surface area contributed by atoms with E-state index in [2.05, 4.69) is 15.8 Å². The van der Waals surface area contributed by atoms with Crippen LogP contribution in [0.2, 0.25) is 0 Å². The maximum atomic E-state index is 12.0. The molecule has 1 heterocycles. The molecule has 0 aromatic heterocycles. The highest BCUT2D eigenvalue weighted by atomic mass is 16.2. The van der Waals surface area contributed by atoms with Gasteiger partial charge < -0.3 is 10.2 Å². The Morgan fingerprint density at radius 3 is 2.67 bits per heavy atom. The van der Waals surface area contributed by atoms with E-state index >= 15 is 0 Å². The Morgan fingerprint density at radius 2 is 2.05 bits per heavy atom. The van der Waals surface area contributed by atoms with Crippen LogP contribution in [0.15, 0.2) is 29.4 Å². The molecule has 1 aromatic carbocycles. The highest BCUT2D eigenvalue weighted by Crippen LogP contribution is 2.13. The average molecular weight is 288 g/mol. The van der Waals surface area contributed by atoms with Crippen molar-refractivity contribution in [1.82, 2.24) is 10.3 Å². The molecular formula is C14H16N4O3. The summed E-state index contributed by atoms with van der Waals surface area (Å²) < 4.78 is 0. The zero-order valence-corrected chi connectivity index (χ0v) is 11.8. The van der Waals surface area contributed by atoms with E-state index in [1.54, 1.807) is 38.4 Å². The quantitative estimate of drug-likeness (QED) is 0.853. The molecular weight excluding hydrogens is 272 g/mol. The molecule has 21 heavy (non-hydrogen) atoms. The van der Waals surface area contributed by atoms with Crippen LogP contribution in [-0.4, -0.2) is 42.4 Å². The Bertz CT molecular complexity index is 622. The number of carbonyl (C=O) groups is 3. The number of amides is 3. The minimum Gasteiger partial charge on any atom is -0.345 e. The van der Waals surface area contributed by atoms with Gasteiger partial charge in [0.15, 0.2) is 0 Å². The zero-order chi connectivity index (χ0) is 15.4. The van der Waals surface area contributed by atoms with Gasteiger partial charge in [-0.05, 0) is 18.2 Å². The van der Waals surface area contributed by atoms with Crippen molar-refractivity contribution in [3.8, 4) is 0 Å². The third kappa shape index (κ3) is 3.65. The first kappa shape index (κ1) is 14.7. The molecule has 0 bridgehead atoms. The Morgan fingerprint density at radius 1 is 1.29 bits per heavy atom. The average Bonchev–Trinajstić information content (AvgIpc) is 2.47. The predicted octanol–water partition coefficient (Wildman–Crippen LogP) is 0.593. The summed E-state index contributed by atoms with van der Waals surface area (Å²) in [6.07, 6.45) is 0.541. The highest BCUT2D eigenvalue weighted by Gasteiger charge is 2.18. The van der Waals surface area contributed by atoms with Crippen LogP contribution in [0.3, 0.4) is 0 Å². The van der Waals surface area contributed by atoms with Crippen molar-refractivity contribution < 1.29 is 14.4 Å². The summed E-state index contributed by atoms with van der Waals surface area (Å²) >= 11 is 0. The fourth-order valence-electron chi connectivity index (χ4n) is 1.83. The smallest absolute Gasteiger partial charge is 0.271 e. The van der Waals surface area contributed by atoms with E-state index in [-0.39, 0.29) is 29.9 Å². The summed E-state index contributed by atoms with van der Waals surface area (Å²) in [4.78, 5) is 36.3. The number of hydrogen-bond donors (Lipinski definition) is 2. The lowest BCUT2D eigenvalue weighted by Gasteiger charge is -2.13. The molecule has 0 spiro atoms. The molecule has 110 valence electrons. The van der Waals surface area contributed by atoms with Crippen LogP contribution in [0.5, 0.6) is 0 Å². The molecule has 0 atom stereocenters. The number of hydrogen-bond acceptors (Lipinski definition) is 4. The topological polar surface area (TPSA) is 90.9 Å². The van der Waals surface area contributed by atoms with Crippen molar-refractivity contribution in [2.24, 2.45) is 5.10 Å². The summed E-state index contributed by atoms with van der Waals surface area (Å²) in [5.74, 6) is -0.733. The normalized spacial score (nSPS) is 14.0. The molecule has 1 aliphatic rings. The molecule has 0 aliphatic carbocycles. The highest BCUT2D eigenvalue weighted by molar-refractivity contribution is 6.43. The van der Waals surface area contributed by atoms with E-state index in [1.165, 1.54) is 4.90 Å². The molecule has 0 unspecified atom stereocenters. The van der Waals surface area contributed by atoms with E-state index in [0.717, 1.165) is 0 Å². The second kappa shape index (κ2) is 6.17. The van der Waals surface area contributed by atoms with E-state index < -0.39 is 0 Å². The summed E-state index contributed by atoms with van der Waals surface area (Å²) in [7, 11) is 3.32. The van der Waals surface area contributed by atoms with Crippen molar-refractivity contribution in [2.45, 2.75) is 12.8 Å². The fraction of sp³-hybridized carbons (Fsp3) is 0.286. The number of rotatable bonds is 3. The Labute approximate surface area is 122 Å². The largest absolute Gasteiger partial charge is 0.345 e. The molecule has 1 aliphatic heterocycles.